The van der Waals surface area contributed by atoms with E-state index in [1.54, 1.807) is 31.2 Å². The summed E-state index contributed by atoms with van der Waals surface area (Å²) in [5, 5.41) is 16.3. The number of halogens is 2. The summed E-state index contributed by atoms with van der Waals surface area (Å²) in [6.45, 7) is 1.43. The van der Waals surface area contributed by atoms with E-state index in [0.29, 0.717) is 17.0 Å². The van der Waals surface area contributed by atoms with Gasteiger partial charge < -0.3 is 9.84 Å². The summed E-state index contributed by atoms with van der Waals surface area (Å²) in [5.41, 5.74) is -0.347. The minimum absolute atomic E-state index is 0.219. The van der Waals surface area contributed by atoms with E-state index >= 15 is 0 Å². The number of amides is 1. The van der Waals surface area contributed by atoms with Crippen molar-refractivity contribution >= 4 is 27.5 Å². The molecule has 0 saturated heterocycles. The molecule has 7 heteroatoms. The van der Waals surface area contributed by atoms with Crippen LogP contribution in [0.2, 0.25) is 0 Å². The van der Waals surface area contributed by atoms with Crippen LogP contribution < -0.4 is 4.74 Å². The molecule has 0 unspecified atom stereocenters. The molecule has 3 rings (SSSR count). The third-order valence-corrected chi connectivity index (χ3v) is 4.37. The zero-order valence-electron chi connectivity index (χ0n) is 13.4. The molecule has 1 aliphatic rings. The van der Waals surface area contributed by atoms with Crippen LogP contribution >= 0.6 is 15.9 Å². The number of hydrogen-bond donors (Lipinski definition) is 1. The fourth-order valence-electron chi connectivity index (χ4n) is 2.66. The van der Waals surface area contributed by atoms with Crippen LogP contribution in [0.15, 0.2) is 58.1 Å². The number of hydrazone groups is 1. The van der Waals surface area contributed by atoms with Gasteiger partial charge in [0.15, 0.2) is 12.3 Å². The van der Waals surface area contributed by atoms with Gasteiger partial charge in [-0.05, 0) is 43.3 Å². The minimum Gasteiger partial charge on any atom is -0.484 e. The topological polar surface area (TPSA) is 62.1 Å². The molecule has 2 aromatic rings. The SMILES string of the molecule is CC1=NN(C(=O)COc2ccc(F)cc2)[C@@](O)(c2ccc(Br)cc2)C1. The van der Waals surface area contributed by atoms with Crippen LogP contribution in [-0.4, -0.2) is 28.3 Å². The molecule has 1 N–H and O–H groups in total. The number of carbonyl (C=O) groups is 1. The van der Waals surface area contributed by atoms with Crippen molar-refractivity contribution < 1.29 is 19.0 Å². The largest absolute Gasteiger partial charge is 0.484 e. The van der Waals surface area contributed by atoms with Crippen molar-refractivity contribution in [2.45, 2.75) is 19.1 Å². The Labute approximate surface area is 152 Å². The lowest BCUT2D eigenvalue weighted by atomic mass is 9.98. The third-order valence-electron chi connectivity index (χ3n) is 3.84. The van der Waals surface area contributed by atoms with Gasteiger partial charge in [-0.3, -0.25) is 4.79 Å². The second-order valence-corrected chi connectivity index (χ2v) is 6.70. The van der Waals surface area contributed by atoms with Gasteiger partial charge in [0.05, 0.1) is 0 Å². The Kier molecular flexibility index (Phi) is 4.87. The standard InChI is InChI=1S/C18H16BrFN2O3/c1-12-10-18(24,13-2-4-14(19)5-3-13)22(21-12)17(23)11-25-16-8-6-15(20)7-9-16/h2-9,24H,10-11H2,1H3/t18-/m0/s1. The number of ether oxygens (including phenoxy) is 1. The van der Waals surface area contributed by atoms with Gasteiger partial charge in [-0.2, -0.15) is 10.1 Å². The fourth-order valence-corrected chi connectivity index (χ4v) is 2.92. The van der Waals surface area contributed by atoms with Gasteiger partial charge in [0.25, 0.3) is 5.91 Å². The molecule has 1 amide bonds. The lowest BCUT2D eigenvalue weighted by Crippen LogP contribution is -2.45. The maximum absolute atomic E-state index is 12.9. The van der Waals surface area contributed by atoms with Gasteiger partial charge in [0.2, 0.25) is 0 Å². The van der Waals surface area contributed by atoms with Crippen LogP contribution in [0.3, 0.4) is 0 Å². The highest BCUT2D eigenvalue weighted by Gasteiger charge is 2.44. The number of hydrogen-bond acceptors (Lipinski definition) is 4. The first-order valence-electron chi connectivity index (χ1n) is 7.62. The Morgan fingerprint density at radius 2 is 1.92 bits per heavy atom. The van der Waals surface area contributed by atoms with Crippen LogP contribution in [-0.2, 0) is 10.5 Å². The summed E-state index contributed by atoms with van der Waals surface area (Å²) in [6.07, 6.45) is 0.219. The van der Waals surface area contributed by atoms with Crippen molar-refractivity contribution in [3.63, 3.8) is 0 Å². The summed E-state index contributed by atoms with van der Waals surface area (Å²) in [6, 6.07) is 12.4. The lowest BCUT2D eigenvalue weighted by Gasteiger charge is -2.31. The number of nitrogens with zero attached hydrogens (tertiary/aromatic N) is 2. The third kappa shape index (κ3) is 3.72. The fraction of sp³-hybridized carbons (Fsp3) is 0.222. The Morgan fingerprint density at radius 3 is 2.56 bits per heavy atom. The second-order valence-electron chi connectivity index (χ2n) is 5.78. The molecule has 0 saturated carbocycles. The van der Waals surface area contributed by atoms with Crippen molar-refractivity contribution in [1.82, 2.24) is 5.01 Å². The van der Waals surface area contributed by atoms with Gasteiger partial charge in [-0.1, -0.05) is 28.1 Å². The van der Waals surface area contributed by atoms with E-state index in [1.807, 2.05) is 0 Å². The molecule has 1 aliphatic heterocycles. The van der Waals surface area contributed by atoms with Crippen molar-refractivity contribution in [1.29, 1.82) is 0 Å². The highest BCUT2D eigenvalue weighted by atomic mass is 79.9. The molecule has 130 valence electrons. The zero-order chi connectivity index (χ0) is 18.0. The van der Waals surface area contributed by atoms with Crippen LogP contribution in [0.25, 0.3) is 0 Å². The molecule has 0 spiro atoms. The van der Waals surface area contributed by atoms with Gasteiger partial charge >= 0.3 is 0 Å². The van der Waals surface area contributed by atoms with Crippen molar-refractivity contribution in [3.05, 3.63) is 64.4 Å². The molecule has 2 aromatic carbocycles. The van der Waals surface area contributed by atoms with Gasteiger partial charge in [0, 0.05) is 22.2 Å². The molecular weight excluding hydrogens is 391 g/mol. The number of rotatable bonds is 4. The molecule has 0 bridgehead atoms. The minimum atomic E-state index is -1.55. The molecule has 0 aromatic heterocycles. The number of aliphatic hydroxyl groups is 1. The predicted octanol–water partition coefficient (Wildman–Crippen LogP) is 3.42. The molecule has 0 radical (unpaired) electrons. The lowest BCUT2D eigenvalue weighted by molar-refractivity contribution is -0.159. The van der Waals surface area contributed by atoms with Crippen LogP contribution in [0.1, 0.15) is 18.9 Å². The summed E-state index contributed by atoms with van der Waals surface area (Å²) in [4.78, 5) is 12.5. The predicted molar refractivity (Wildman–Crippen MR) is 94.5 cm³/mol. The molecular formula is C18H16BrFN2O3. The normalized spacial score (nSPS) is 19.7. The van der Waals surface area contributed by atoms with Crippen LogP contribution in [0.4, 0.5) is 4.39 Å². The maximum atomic E-state index is 12.9. The molecule has 0 fully saturated rings. The highest BCUT2D eigenvalue weighted by molar-refractivity contribution is 9.10. The van der Waals surface area contributed by atoms with E-state index < -0.39 is 11.6 Å². The monoisotopic (exact) mass is 406 g/mol. The van der Waals surface area contributed by atoms with E-state index in [2.05, 4.69) is 21.0 Å². The van der Waals surface area contributed by atoms with Crippen LogP contribution in [0.5, 0.6) is 5.75 Å². The summed E-state index contributed by atoms with van der Waals surface area (Å²) >= 11 is 3.35. The Bertz CT molecular complexity index is 808. The maximum Gasteiger partial charge on any atom is 0.283 e. The first-order chi connectivity index (χ1) is 11.9. The summed E-state index contributed by atoms with van der Waals surface area (Å²) < 4.78 is 19.1. The van der Waals surface area contributed by atoms with Crippen molar-refractivity contribution in [2.75, 3.05) is 6.61 Å². The van der Waals surface area contributed by atoms with Gasteiger partial charge in [-0.25, -0.2) is 4.39 Å². The van der Waals surface area contributed by atoms with E-state index in [4.69, 9.17) is 4.74 Å². The number of carbonyl (C=O) groups excluding carboxylic acids is 1. The first-order valence-corrected chi connectivity index (χ1v) is 8.42. The quantitative estimate of drug-likeness (QED) is 0.845. The Hall–Kier alpha value is -2.25. The zero-order valence-corrected chi connectivity index (χ0v) is 15.0. The van der Waals surface area contributed by atoms with E-state index in [1.165, 1.54) is 24.3 Å². The van der Waals surface area contributed by atoms with E-state index in [0.717, 1.165) is 9.48 Å². The first kappa shape index (κ1) is 17.6. The van der Waals surface area contributed by atoms with E-state index in [9.17, 15) is 14.3 Å². The van der Waals surface area contributed by atoms with Crippen molar-refractivity contribution in [2.24, 2.45) is 5.10 Å². The Balaban J connectivity index is 1.77. The van der Waals surface area contributed by atoms with Crippen LogP contribution in [0, 0.1) is 5.82 Å². The summed E-state index contributed by atoms with van der Waals surface area (Å²) in [5.74, 6) is -0.517. The van der Waals surface area contributed by atoms with Gasteiger partial charge in [0.1, 0.15) is 11.6 Å². The molecule has 1 heterocycles. The average molecular weight is 407 g/mol. The molecule has 0 aliphatic carbocycles. The molecule has 1 atom stereocenters. The van der Waals surface area contributed by atoms with Crippen molar-refractivity contribution in [3.8, 4) is 5.75 Å². The molecule has 25 heavy (non-hydrogen) atoms. The highest BCUT2D eigenvalue weighted by Crippen LogP contribution is 2.35. The Morgan fingerprint density at radius 1 is 1.28 bits per heavy atom. The van der Waals surface area contributed by atoms with E-state index in [-0.39, 0.29) is 18.8 Å². The summed E-state index contributed by atoms with van der Waals surface area (Å²) in [7, 11) is 0. The van der Waals surface area contributed by atoms with Gasteiger partial charge in [-0.15, -0.1) is 0 Å². The number of benzene rings is 2. The smallest absolute Gasteiger partial charge is 0.283 e. The average Bonchev–Trinajstić information content (AvgIpc) is 2.90. The molecule has 5 nitrogen and oxygen atoms in total. The second kappa shape index (κ2) is 6.93.